The Morgan fingerprint density at radius 2 is 2.19 bits per heavy atom. The van der Waals surface area contributed by atoms with Gasteiger partial charge in [-0.05, 0) is 42.1 Å². The molecule has 0 fully saturated rings. The van der Waals surface area contributed by atoms with Gasteiger partial charge in [0.15, 0.2) is 6.04 Å². The van der Waals surface area contributed by atoms with Crippen LogP contribution in [-0.2, 0) is 0 Å². The highest BCUT2D eigenvalue weighted by molar-refractivity contribution is 7.20. The SMILES string of the molecule is CCNC(=O)c1cc2c(C(N=O)c3ccc4[nH]ccc4c3)nc(N)nc2s1. The highest BCUT2D eigenvalue weighted by Crippen LogP contribution is 2.35. The van der Waals surface area contributed by atoms with E-state index in [1.54, 1.807) is 6.07 Å². The van der Waals surface area contributed by atoms with E-state index < -0.39 is 6.04 Å². The number of nitrogens with one attached hydrogen (secondary N) is 2. The first kappa shape index (κ1) is 17.1. The van der Waals surface area contributed by atoms with Gasteiger partial charge in [-0.2, -0.15) is 0 Å². The van der Waals surface area contributed by atoms with Gasteiger partial charge in [-0.15, -0.1) is 16.2 Å². The average molecular weight is 380 g/mol. The molecule has 0 bridgehead atoms. The van der Waals surface area contributed by atoms with Crippen LogP contribution in [0.3, 0.4) is 0 Å². The van der Waals surface area contributed by atoms with Gasteiger partial charge < -0.3 is 16.0 Å². The summed E-state index contributed by atoms with van der Waals surface area (Å²) in [5.74, 6) is -0.160. The lowest BCUT2D eigenvalue weighted by Gasteiger charge is -2.11. The van der Waals surface area contributed by atoms with Crippen molar-refractivity contribution in [2.45, 2.75) is 13.0 Å². The maximum atomic E-state index is 12.2. The van der Waals surface area contributed by atoms with E-state index >= 15 is 0 Å². The van der Waals surface area contributed by atoms with Crippen LogP contribution in [0.15, 0.2) is 41.7 Å². The molecular formula is C18H16N6O2S. The second kappa shape index (κ2) is 6.76. The number of thiophene rings is 1. The van der Waals surface area contributed by atoms with Crippen molar-refractivity contribution >= 4 is 44.3 Å². The van der Waals surface area contributed by atoms with Gasteiger partial charge in [0.25, 0.3) is 5.91 Å². The molecule has 0 aliphatic carbocycles. The lowest BCUT2D eigenvalue weighted by molar-refractivity contribution is 0.0960. The van der Waals surface area contributed by atoms with E-state index in [-0.39, 0.29) is 11.9 Å². The van der Waals surface area contributed by atoms with Crippen LogP contribution in [0, 0.1) is 4.91 Å². The highest BCUT2D eigenvalue weighted by atomic mass is 32.1. The predicted molar refractivity (Wildman–Crippen MR) is 106 cm³/mol. The first-order valence-electron chi connectivity index (χ1n) is 8.35. The van der Waals surface area contributed by atoms with E-state index in [2.05, 4.69) is 25.4 Å². The Morgan fingerprint density at radius 3 is 2.96 bits per heavy atom. The average Bonchev–Trinajstić information content (AvgIpc) is 3.28. The Morgan fingerprint density at radius 1 is 1.33 bits per heavy atom. The van der Waals surface area contributed by atoms with E-state index in [0.29, 0.717) is 32.9 Å². The molecular weight excluding hydrogens is 364 g/mol. The summed E-state index contributed by atoms with van der Waals surface area (Å²) in [5, 5.41) is 7.62. The quantitative estimate of drug-likeness (QED) is 0.458. The molecule has 1 unspecified atom stereocenters. The number of nitrogens with zero attached hydrogens (tertiary/aromatic N) is 3. The first-order chi connectivity index (χ1) is 13.1. The number of aromatic nitrogens is 3. The molecule has 3 aromatic heterocycles. The van der Waals surface area contributed by atoms with Crippen LogP contribution in [0.1, 0.15) is 33.9 Å². The number of aromatic amines is 1. The van der Waals surface area contributed by atoms with E-state index in [4.69, 9.17) is 5.73 Å². The molecule has 0 aliphatic heterocycles. The Labute approximate surface area is 157 Å². The maximum Gasteiger partial charge on any atom is 0.261 e. The van der Waals surface area contributed by atoms with Crippen molar-refractivity contribution in [2.75, 3.05) is 12.3 Å². The fraction of sp³-hybridized carbons (Fsp3) is 0.167. The summed E-state index contributed by atoms with van der Waals surface area (Å²) >= 11 is 1.21. The number of carbonyl (C=O) groups excluding carboxylic acids is 1. The molecule has 4 N–H and O–H groups in total. The second-order valence-electron chi connectivity index (χ2n) is 5.99. The topological polar surface area (TPSA) is 126 Å². The number of carbonyl (C=O) groups is 1. The largest absolute Gasteiger partial charge is 0.368 e. The summed E-state index contributed by atoms with van der Waals surface area (Å²) < 4.78 is 0. The molecule has 3 heterocycles. The third-order valence-corrected chi connectivity index (χ3v) is 5.29. The van der Waals surface area contributed by atoms with Crippen LogP contribution in [-0.4, -0.2) is 27.4 Å². The van der Waals surface area contributed by atoms with Gasteiger partial charge in [-0.25, -0.2) is 9.97 Å². The van der Waals surface area contributed by atoms with Gasteiger partial charge in [0.05, 0.1) is 10.6 Å². The maximum absolute atomic E-state index is 12.2. The number of nitroso groups, excluding NO2 is 1. The zero-order chi connectivity index (χ0) is 19.0. The monoisotopic (exact) mass is 380 g/mol. The third-order valence-electron chi connectivity index (χ3n) is 4.26. The molecule has 0 saturated carbocycles. The first-order valence-corrected chi connectivity index (χ1v) is 9.17. The van der Waals surface area contributed by atoms with E-state index in [1.807, 2.05) is 37.4 Å². The number of nitrogen functional groups attached to an aromatic ring is 1. The summed E-state index contributed by atoms with van der Waals surface area (Å²) in [5.41, 5.74) is 7.91. The highest BCUT2D eigenvalue weighted by Gasteiger charge is 2.23. The molecule has 27 heavy (non-hydrogen) atoms. The minimum absolute atomic E-state index is 0.0400. The fourth-order valence-corrected chi connectivity index (χ4v) is 4.00. The molecule has 4 aromatic rings. The van der Waals surface area contributed by atoms with Crippen molar-refractivity contribution in [1.29, 1.82) is 0 Å². The number of hydrogen-bond donors (Lipinski definition) is 3. The molecule has 9 heteroatoms. The van der Waals surface area contributed by atoms with E-state index in [0.717, 1.165) is 10.9 Å². The summed E-state index contributed by atoms with van der Waals surface area (Å²) in [6, 6.07) is 8.35. The normalized spacial score (nSPS) is 12.3. The zero-order valence-electron chi connectivity index (χ0n) is 14.4. The molecule has 0 radical (unpaired) electrons. The summed E-state index contributed by atoms with van der Waals surface area (Å²) in [7, 11) is 0. The standard InChI is InChI=1S/C18H16N6O2S/c1-2-20-16(25)13-8-11-15(22-18(19)23-17(11)27-13)14(24-26)10-3-4-12-9(7-10)5-6-21-12/h3-8,14,21H,2H2,1H3,(H,20,25)(H2,19,22,23). The molecule has 0 spiro atoms. The number of rotatable bonds is 5. The number of hydrogen-bond acceptors (Lipinski definition) is 7. The fourth-order valence-electron chi connectivity index (χ4n) is 3.04. The van der Waals surface area contributed by atoms with E-state index in [9.17, 15) is 9.70 Å². The Hall–Kier alpha value is -3.33. The molecule has 0 aliphatic rings. The van der Waals surface area contributed by atoms with Crippen LogP contribution in [0.2, 0.25) is 0 Å². The Kier molecular flexibility index (Phi) is 4.28. The minimum atomic E-state index is -0.853. The van der Waals surface area contributed by atoms with Crippen LogP contribution in [0.4, 0.5) is 5.95 Å². The van der Waals surface area contributed by atoms with Crippen molar-refractivity contribution in [2.24, 2.45) is 5.18 Å². The predicted octanol–water partition coefficient (Wildman–Crippen LogP) is 3.36. The number of benzene rings is 1. The lowest BCUT2D eigenvalue weighted by Crippen LogP contribution is -2.21. The minimum Gasteiger partial charge on any atom is -0.368 e. The molecule has 0 saturated heterocycles. The van der Waals surface area contributed by atoms with Gasteiger partial charge in [-0.1, -0.05) is 11.2 Å². The third kappa shape index (κ3) is 3.02. The Balaban J connectivity index is 1.86. The summed E-state index contributed by atoms with van der Waals surface area (Å²) in [6.45, 7) is 2.36. The molecule has 1 aromatic carbocycles. The van der Waals surface area contributed by atoms with E-state index in [1.165, 1.54) is 11.3 Å². The van der Waals surface area contributed by atoms with Gasteiger partial charge in [0.1, 0.15) is 4.83 Å². The van der Waals surface area contributed by atoms with Gasteiger partial charge in [0, 0.05) is 23.6 Å². The summed E-state index contributed by atoms with van der Waals surface area (Å²) in [4.78, 5) is 36.5. The van der Waals surface area contributed by atoms with Gasteiger partial charge in [0.2, 0.25) is 5.95 Å². The molecule has 1 atom stereocenters. The molecule has 136 valence electrons. The number of fused-ring (bicyclic) bond motifs is 2. The zero-order valence-corrected chi connectivity index (χ0v) is 15.2. The molecule has 8 nitrogen and oxygen atoms in total. The second-order valence-corrected chi connectivity index (χ2v) is 7.02. The van der Waals surface area contributed by atoms with Crippen molar-refractivity contribution in [3.8, 4) is 0 Å². The number of H-pyrrole nitrogens is 1. The van der Waals surface area contributed by atoms with Crippen molar-refractivity contribution in [3.63, 3.8) is 0 Å². The van der Waals surface area contributed by atoms with Crippen LogP contribution in [0.5, 0.6) is 0 Å². The Bertz CT molecular complexity index is 1170. The van der Waals surface area contributed by atoms with Gasteiger partial charge in [-0.3, -0.25) is 4.79 Å². The van der Waals surface area contributed by atoms with Gasteiger partial charge >= 0.3 is 0 Å². The molecule has 4 rings (SSSR count). The number of amides is 1. The van der Waals surface area contributed by atoms with Crippen molar-refractivity contribution in [3.05, 3.63) is 57.6 Å². The number of anilines is 1. The van der Waals surface area contributed by atoms with Crippen LogP contribution >= 0.6 is 11.3 Å². The van der Waals surface area contributed by atoms with Crippen LogP contribution < -0.4 is 11.1 Å². The van der Waals surface area contributed by atoms with Crippen LogP contribution in [0.25, 0.3) is 21.1 Å². The molecule has 1 amide bonds. The smallest absolute Gasteiger partial charge is 0.261 e. The van der Waals surface area contributed by atoms with Crippen molar-refractivity contribution in [1.82, 2.24) is 20.3 Å². The number of nitrogens with two attached hydrogens (primary N) is 1. The lowest BCUT2D eigenvalue weighted by atomic mass is 10.0. The van der Waals surface area contributed by atoms with Crippen molar-refractivity contribution < 1.29 is 4.79 Å². The summed E-state index contributed by atoms with van der Waals surface area (Å²) in [6.07, 6.45) is 1.83.